The van der Waals surface area contributed by atoms with Gasteiger partial charge in [0.2, 0.25) is 5.82 Å². The van der Waals surface area contributed by atoms with Gasteiger partial charge in [0.25, 0.3) is 5.91 Å². The van der Waals surface area contributed by atoms with E-state index in [2.05, 4.69) is 5.10 Å². The lowest BCUT2D eigenvalue weighted by Gasteiger charge is -2.05. The Kier molecular flexibility index (Phi) is 5.68. The van der Waals surface area contributed by atoms with Crippen LogP contribution in [-0.2, 0) is 0 Å². The van der Waals surface area contributed by atoms with Crippen molar-refractivity contribution in [2.75, 3.05) is 6.61 Å². The fraction of sp³-hybridized carbons (Fsp3) is 0.125. The van der Waals surface area contributed by atoms with Crippen molar-refractivity contribution in [3.05, 3.63) is 64.5 Å². The summed E-state index contributed by atoms with van der Waals surface area (Å²) in [5.41, 5.74) is 0.815. The zero-order valence-electron chi connectivity index (χ0n) is 12.7. The average molecular weight is 358 g/mol. The van der Waals surface area contributed by atoms with E-state index in [0.29, 0.717) is 18.6 Å². The van der Waals surface area contributed by atoms with Crippen LogP contribution in [0.3, 0.4) is 0 Å². The summed E-state index contributed by atoms with van der Waals surface area (Å²) < 4.78 is 71.0. The maximum atomic E-state index is 13.4. The molecule has 0 saturated carbocycles. The molecule has 0 saturated heterocycles. The van der Waals surface area contributed by atoms with Crippen LogP contribution in [0.2, 0.25) is 0 Å². The molecular weight excluding hydrogens is 347 g/mol. The highest BCUT2D eigenvalue weighted by Crippen LogP contribution is 2.21. The maximum Gasteiger partial charge on any atom is 0.271 e. The summed E-state index contributed by atoms with van der Waals surface area (Å²) in [6.07, 6.45) is 0.336. The molecule has 0 heterocycles. The molecule has 2 rings (SSSR count). The SMILES string of the molecule is CCOc1ccc(C(=O)N/N=C\c2c(F)c(F)c(F)c(F)c2F)cc1. The van der Waals surface area contributed by atoms with Gasteiger partial charge in [0.1, 0.15) is 5.75 Å². The molecule has 0 aromatic heterocycles. The van der Waals surface area contributed by atoms with E-state index in [0.717, 1.165) is 0 Å². The number of hydrogen-bond donors (Lipinski definition) is 1. The molecular formula is C16H11F5N2O2. The molecule has 9 heteroatoms. The summed E-state index contributed by atoms with van der Waals surface area (Å²) in [6, 6.07) is 5.86. The van der Waals surface area contributed by atoms with Crippen molar-refractivity contribution in [1.82, 2.24) is 5.43 Å². The van der Waals surface area contributed by atoms with Crippen molar-refractivity contribution in [2.24, 2.45) is 5.10 Å². The molecule has 0 aliphatic heterocycles. The lowest BCUT2D eigenvalue weighted by Crippen LogP contribution is -2.18. The number of hydrazone groups is 1. The minimum absolute atomic E-state index is 0.151. The topological polar surface area (TPSA) is 50.7 Å². The number of halogens is 5. The Labute approximate surface area is 138 Å². The number of hydrogen-bond acceptors (Lipinski definition) is 3. The largest absolute Gasteiger partial charge is 0.494 e. The zero-order chi connectivity index (χ0) is 18.6. The molecule has 1 amide bonds. The summed E-state index contributed by atoms with van der Waals surface area (Å²) in [6.45, 7) is 2.23. The van der Waals surface area contributed by atoms with E-state index in [-0.39, 0.29) is 5.56 Å². The molecule has 2 aromatic rings. The zero-order valence-corrected chi connectivity index (χ0v) is 12.7. The average Bonchev–Trinajstić information content (AvgIpc) is 2.62. The first-order valence-electron chi connectivity index (χ1n) is 6.94. The number of carbonyl (C=O) groups excluding carboxylic acids is 1. The Bertz CT molecular complexity index is 793. The first-order valence-corrected chi connectivity index (χ1v) is 6.94. The van der Waals surface area contributed by atoms with Crippen LogP contribution in [-0.4, -0.2) is 18.7 Å². The van der Waals surface area contributed by atoms with Gasteiger partial charge in [0, 0.05) is 5.56 Å². The van der Waals surface area contributed by atoms with Crippen LogP contribution in [0.25, 0.3) is 0 Å². The van der Waals surface area contributed by atoms with Gasteiger partial charge in [-0.1, -0.05) is 0 Å². The Hall–Kier alpha value is -2.97. The molecule has 1 N–H and O–H groups in total. The molecule has 0 aliphatic rings. The van der Waals surface area contributed by atoms with Gasteiger partial charge in [-0.15, -0.1) is 0 Å². The van der Waals surface area contributed by atoms with Crippen molar-refractivity contribution in [1.29, 1.82) is 0 Å². The lowest BCUT2D eigenvalue weighted by molar-refractivity contribution is 0.0955. The summed E-state index contributed by atoms with van der Waals surface area (Å²) in [5.74, 6) is -10.8. The predicted molar refractivity (Wildman–Crippen MR) is 78.9 cm³/mol. The molecule has 0 aliphatic carbocycles. The van der Waals surface area contributed by atoms with Gasteiger partial charge in [-0.25, -0.2) is 27.4 Å². The lowest BCUT2D eigenvalue weighted by atomic mass is 10.2. The molecule has 132 valence electrons. The monoisotopic (exact) mass is 358 g/mol. The van der Waals surface area contributed by atoms with Crippen LogP contribution in [0.15, 0.2) is 29.4 Å². The fourth-order valence-corrected chi connectivity index (χ4v) is 1.82. The first kappa shape index (κ1) is 18.4. The molecule has 0 unspecified atom stereocenters. The molecule has 0 atom stereocenters. The summed E-state index contributed by atoms with van der Waals surface area (Å²) in [4.78, 5) is 11.8. The maximum absolute atomic E-state index is 13.4. The second kappa shape index (κ2) is 7.73. The number of benzene rings is 2. The number of rotatable bonds is 5. The third-order valence-electron chi connectivity index (χ3n) is 3.03. The van der Waals surface area contributed by atoms with Crippen molar-refractivity contribution in [3.63, 3.8) is 0 Å². The van der Waals surface area contributed by atoms with Gasteiger partial charge < -0.3 is 4.74 Å². The number of ether oxygens (including phenoxy) is 1. The predicted octanol–water partition coefficient (Wildman–Crippen LogP) is 3.54. The molecule has 0 radical (unpaired) electrons. The molecule has 25 heavy (non-hydrogen) atoms. The van der Waals surface area contributed by atoms with Crippen LogP contribution in [0.5, 0.6) is 5.75 Å². The van der Waals surface area contributed by atoms with Gasteiger partial charge in [0.15, 0.2) is 23.3 Å². The normalized spacial score (nSPS) is 11.0. The fourth-order valence-electron chi connectivity index (χ4n) is 1.82. The Morgan fingerprint density at radius 2 is 1.52 bits per heavy atom. The van der Waals surface area contributed by atoms with Crippen molar-refractivity contribution >= 4 is 12.1 Å². The highest BCUT2D eigenvalue weighted by Gasteiger charge is 2.24. The minimum Gasteiger partial charge on any atom is -0.494 e. The second-order valence-electron chi connectivity index (χ2n) is 4.64. The smallest absolute Gasteiger partial charge is 0.271 e. The van der Waals surface area contributed by atoms with Crippen molar-refractivity contribution < 1.29 is 31.5 Å². The van der Waals surface area contributed by atoms with Gasteiger partial charge in [0.05, 0.1) is 18.4 Å². The van der Waals surface area contributed by atoms with Gasteiger partial charge >= 0.3 is 0 Å². The van der Waals surface area contributed by atoms with Gasteiger partial charge in [-0.05, 0) is 31.2 Å². The molecule has 0 bridgehead atoms. The van der Waals surface area contributed by atoms with E-state index in [9.17, 15) is 26.7 Å². The standard InChI is InChI=1S/C16H11F5N2O2/c1-2-25-9-5-3-8(4-6-9)16(24)23-22-7-10-11(17)13(19)15(21)14(20)12(10)18/h3-7H,2H2,1H3,(H,23,24)/b22-7-. The Balaban J connectivity index is 2.14. The number of nitrogens with one attached hydrogen (secondary N) is 1. The Morgan fingerprint density at radius 3 is 2.04 bits per heavy atom. The first-order chi connectivity index (χ1) is 11.9. The van der Waals surface area contributed by atoms with E-state index in [1.54, 1.807) is 6.92 Å². The van der Waals surface area contributed by atoms with Crippen LogP contribution in [0.1, 0.15) is 22.8 Å². The number of amides is 1. The van der Waals surface area contributed by atoms with Crippen molar-refractivity contribution in [3.8, 4) is 5.75 Å². The van der Waals surface area contributed by atoms with Gasteiger partial charge in [-0.3, -0.25) is 4.79 Å². The highest BCUT2D eigenvalue weighted by molar-refractivity contribution is 5.95. The quantitative estimate of drug-likeness (QED) is 0.292. The van der Waals surface area contributed by atoms with E-state index >= 15 is 0 Å². The van der Waals surface area contributed by atoms with E-state index < -0.39 is 40.6 Å². The second-order valence-corrected chi connectivity index (χ2v) is 4.64. The van der Waals surface area contributed by atoms with E-state index in [1.165, 1.54) is 24.3 Å². The number of nitrogens with zero attached hydrogens (tertiary/aromatic N) is 1. The molecule has 4 nitrogen and oxygen atoms in total. The third kappa shape index (κ3) is 3.93. The van der Waals surface area contributed by atoms with Crippen LogP contribution in [0, 0.1) is 29.1 Å². The number of carbonyl (C=O) groups is 1. The van der Waals surface area contributed by atoms with Crippen molar-refractivity contribution in [2.45, 2.75) is 6.92 Å². The van der Waals surface area contributed by atoms with Crippen LogP contribution < -0.4 is 10.2 Å². The molecule has 0 spiro atoms. The molecule has 2 aromatic carbocycles. The van der Waals surface area contributed by atoms with Crippen LogP contribution in [0.4, 0.5) is 22.0 Å². The van der Waals surface area contributed by atoms with E-state index in [1.807, 2.05) is 5.43 Å². The minimum atomic E-state index is -2.27. The molecule has 0 fully saturated rings. The summed E-state index contributed by atoms with van der Waals surface area (Å²) in [5, 5.41) is 3.22. The van der Waals surface area contributed by atoms with E-state index in [4.69, 9.17) is 4.74 Å². The van der Waals surface area contributed by atoms with Gasteiger partial charge in [-0.2, -0.15) is 5.10 Å². The summed E-state index contributed by atoms with van der Waals surface area (Å²) >= 11 is 0. The Morgan fingerprint density at radius 1 is 1.00 bits per heavy atom. The highest BCUT2D eigenvalue weighted by atomic mass is 19.2. The third-order valence-corrected chi connectivity index (χ3v) is 3.03. The van der Waals surface area contributed by atoms with Crippen LogP contribution >= 0.6 is 0 Å². The summed E-state index contributed by atoms with van der Waals surface area (Å²) in [7, 11) is 0.